The Bertz CT molecular complexity index is 1480. The Morgan fingerprint density at radius 2 is 2.03 bits per heavy atom. The first-order chi connectivity index (χ1) is 16.7. The standard InChI is InChI=1S/C27H23ClN4O2/c28-21-9-10-25(33)27-18(21)7-4-8-23(27)32-16-29-14-24(32)20-12-30-22-13-31-26(11-19(20)22)34-15-17-5-2-1-3-6-17/h1-3,5-6,9-14,16,23,30,33H,4,7-8,15H2. The highest BCUT2D eigenvalue weighted by molar-refractivity contribution is 6.31. The number of benzene rings is 2. The number of phenolic OH excluding ortho intramolecular Hbond substituents is 1. The number of halogens is 1. The summed E-state index contributed by atoms with van der Waals surface area (Å²) < 4.78 is 8.11. The fraction of sp³-hybridized carbons (Fsp3) is 0.185. The lowest BCUT2D eigenvalue weighted by Crippen LogP contribution is -2.18. The van der Waals surface area contributed by atoms with E-state index in [1.807, 2.05) is 55.1 Å². The molecular weight excluding hydrogens is 448 g/mol. The molecule has 1 aliphatic carbocycles. The molecule has 6 rings (SSSR count). The summed E-state index contributed by atoms with van der Waals surface area (Å²) in [6, 6.07) is 15.4. The van der Waals surface area contributed by atoms with Crippen LogP contribution in [0.5, 0.6) is 11.6 Å². The van der Waals surface area contributed by atoms with Gasteiger partial charge in [0.15, 0.2) is 0 Å². The van der Waals surface area contributed by atoms with Crippen LogP contribution >= 0.6 is 11.6 Å². The second kappa shape index (κ2) is 8.54. The van der Waals surface area contributed by atoms with Crippen molar-refractivity contribution in [3.63, 3.8) is 0 Å². The van der Waals surface area contributed by atoms with Gasteiger partial charge in [0.2, 0.25) is 5.88 Å². The van der Waals surface area contributed by atoms with Crippen LogP contribution in [0.1, 0.15) is 35.6 Å². The molecule has 170 valence electrons. The lowest BCUT2D eigenvalue weighted by Gasteiger charge is -2.29. The maximum atomic E-state index is 10.7. The number of pyridine rings is 1. The monoisotopic (exact) mass is 470 g/mol. The fourth-order valence-electron chi connectivity index (χ4n) is 4.93. The van der Waals surface area contributed by atoms with E-state index in [-0.39, 0.29) is 11.8 Å². The summed E-state index contributed by atoms with van der Waals surface area (Å²) >= 11 is 6.49. The first-order valence-corrected chi connectivity index (χ1v) is 11.7. The smallest absolute Gasteiger partial charge is 0.214 e. The third-order valence-corrected chi connectivity index (χ3v) is 6.92. The zero-order chi connectivity index (χ0) is 23.1. The molecule has 1 aliphatic rings. The van der Waals surface area contributed by atoms with Crippen LogP contribution in [0.15, 0.2) is 73.4 Å². The second-order valence-corrected chi connectivity index (χ2v) is 9.00. The summed E-state index contributed by atoms with van der Waals surface area (Å²) in [5.41, 5.74) is 5.90. The highest BCUT2D eigenvalue weighted by Crippen LogP contribution is 2.43. The Morgan fingerprint density at radius 1 is 1.15 bits per heavy atom. The molecule has 5 aromatic rings. The molecule has 0 spiro atoms. The van der Waals surface area contributed by atoms with Crippen LogP contribution in [0.3, 0.4) is 0 Å². The maximum absolute atomic E-state index is 10.7. The Morgan fingerprint density at radius 3 is 2.91 bits per heavy atom. The van der Waals surface area contributed by atoms with Gasteiger partial charge in [-0.05, 0) is 42.5 Å². The lowest BCUT2D eigenvalue weighted by atomic mass is 9.86. The Kier molecular flexibility index (Phi) is 5.23. The van der Waals surface area contributed by atoms with Crippen molar-refractivity contribution < 1.29 is 9.84 Å². The summed E-state index contributed by atoms with van der Waals surface area (Å²) in [6.07, 6.45) is 10.2. The van der Waals surface area contributed by atoms with E-state index < -0.39 is 0 Å². The number of aromatic amines is 1. The van der Waals surface area contributed by atoms with Crippen molar-refractivity contribution in [3.8, 4) is 22.9 Å². The number of ether oxygens (including phenoxy) is 1. The number of aromatic nitrogens is 4. The largest absolute Gasteiger partial charge is 0.508 e. The topological polar surface area (TPSA) is 76.0 Å². The van der Waals surface area contributed by atoms with E-state index in [2.05, 4.69) is 19.5 Å². The number of H-pyrrole nitrogens is 1. The van der Waals surface area contributed by atoms with Gasteiger partial charge in [0.25, 0.3) is 0 Å². The van der Waals surface area contributed by atoms with Gasteiger partial charge in [-0.2, -0.15) is 0 Å². The van der Waals surface area contributed by atoms with Crippen molar-refractivity contribution in [2.45, 2.75) is 31.9 Å². The Hall–Kier alpha value is -3.77. The maximum Gasteiger partial charge on any atom is 0.214 e. The predicted molar refractivity (Wildman–Crippen MR) is 132 cm³/mol. The van der Waals surface area contributed by atoms with Gasteiger partial charge in [-0.1, -0.05) is 41.9 Å². The molecule has 0 saturated carbocycles. The third kappa shape index (κ3) is 3.60. The minimum atomic E-state index is -0.0412. The van der Waals surface area contributed by atoms with Gasteiger partial charge in [-0.3, -0.25) is 0 Å². The summed E-state index contributed by atoms with van der Waals surface area (Å²) in [7, 11) is 0. The molecular formula is C27H23ClN4O2. The van der Waals surface area contributed by atoms with Gasteiger partial charge in [0.05, 0.1) is 36.0 Å². The molecule has 2 N–H and O–H groups in total. The van der Waals surface area contributed by atoms with Crippen LogP contribution in [0.2, 0.25) is 5.02 Å². The molecule has 1 unspecified atom stereocenters. The van der Waals surface area contributed by atoms with Crippen LogP contribution in [0.25, 0.3) is 22.2 Å². The molecule has 3 aromatic heterocycles. The molecule has 0 fully saturated rings. The third-order valence-electron chi connectivity index (χ3n) is 6.56. The van der Waals surface area contributed by atoms with Crippen molar-refractivity contribution in [1.82, 2.24) is 19.5 Å². The van der Waals surface area contributed by atoms with Crippen LogP contribution in [-0.2, 0) is 13.0 Å². The Labute approximate surface area is 201 Å². The van der Waals surface area contributed by atoms with Crippen molar-refractivity contribution in [1.29, 1.82) is 0 Å². The zero-order valence-electron chi connectivity index (χ0n) is 18.4. The molecule has 0 bridgehead atoms. The number of phenols is 1. The molecule has 34 heavy (non-hydrogen) atoms. The molecule has 0 aliphatic heterocycles. The zero-order valence-corrected chi connectivity index (χ0v) is 19.2. The van der Waals surface area contributed by atoms with E-state index in [1.165, 1.54) is 0 Å². The van der Waals surface area contributed by atoms with E-state index in [0.29, 0.717) is 17.5 Å². The van der Waals surface area contributed by atoms with E-state index in [4.69, 9.17) is 16.3 Å². The first kappa shape index (κ1) is 20.8. The fourth-order valence-corrected chi connectivity index (χ4v) is 5.19. The van der Waals surface area contributed by atoms with E-state index in [0.717, 1.165) is 58.1 Å². The molecule has 0 amide bonds. The molecule has 0 saturated heterocycles. The average molecular weight is 471 g/mol. The number of fused-ring (bicyclic) bond motifs is 2. The summed E-state index contributed by atoms with van der Waals surface area (Å²) in [5, 5.41) is 12.4. The quantitative estimate of drug-likeness (QED) is 0.316. The lowest BCUT2D eigenvalue weighted by molar-refractivity contribution is 0.294. The SMILES string of the molecule is Oc1ccc(Cl)c2c1C(n1cncc1-c1c[nH]c3cnc(OCc4ccccc4)cc13)CCC2. The van der Waals surface area contributed by atoms with Crippen molar-refractivity contribution >= 4 is 22.5 Å². The Balaban J connectivity index is 1.38. The number of rotatable bonds is 5. The normalized spacial score (nSPS) is 15.4. The van der Waals surface area contributed by atoms with Gasteiger partial charge < -0.3 is 19.4 Å². The van der Waals surface area contributed by atoms with Crippen LogP contribution < -0.4 is 4.74 Å². The number of hydrogen-bond donors (Lipinski definition) is 2. The van der Waals surface area contributed by atoms with Gasteiger partial charge in [-0.15, -0.1) is 0 Å². The molecule has 2 aromatic carbocycles. The van der Waals surface area contributed by atoms with Gasteiger partial charge in [0, 0.05) is 33.8 Å². The molecule has 6 nitrogen and oxygen atoms in total. The van der Waals surface area contributed by atoms with Gasteiger partial charge in [0.1, 0.15) is 12.4 Å². The summed E-state index contributed by atoms with van der Waals surface area (Å²) in [5.74, 6) is 0.846. The minimum absolute atomic E-state index is 0.0412. The van der Waals surface area contributed by atoms with Crippen molar-refractivity contribution in [3.05, 3.63) is 95.2 Å². The van der Waals surface area contributed by atoms with Crippen LogP contribution in [-0.4, -0.2) is 24.6 Å². The number of hydrogen-bond acceptors (Lipinski definition) is 4. The minimum Gasteiger partial charge on any atom is -0.508 e. The van der Waals surface area contributed by atoms with E-state index in [1.54, 1.807) is 18.3 Å². The molecule has 3 heterocycles. The number of nitrogens with one attached hydrogen (secondary N) is 1. The highest BCUT2D eigenvalue weighted by atomic mass is 35.5. The molecule has 1 atom stereocenters. The molecule has 0 radical (unpaired) electrons. The number of aromatic hydroxyl groups is 1. The van der Waals surface area contributed by atoms with Crippen LogP contribution in [0, 0.1) is 0 Å². The highest BCUT2D eigenvalue weighted by Gasteiger charge is 2.28. The van der Waals surface area contributed by atoms with E-state index >= 15 is 0 Å². The molecule has 7 heteroatoms. The average Bonchev–Trinajstić information content (AvgIpc) is 3.52. The first-order valence-electron chi connectivity index (χ1n) is 11.4. The second-order valence-electron chi connectivity index (χ2n) is 8.60. The van der Waals surface area contributed by atoms with Crippen molar-refractivity contribution in [2.24, 2.45) is 0 Å². The summed E-state index contributed by atoms with van der Waals surface area (Å²) in [6.45, 7) is 0.454. The summed E-state index contributed by atoms with van der Waals surface area (Å²) in [4.78, 5) is 12.2. The van der Waals surface area contributed by atoms with Crippen LogP contribution in [0.4, 0.5) is 0 Å². The van der Waals surface area contributed by atoms with Gasteiger partial charge in [-0.25, -0.2) is 9.97 Å². The predicted octanol–water partition coefficient (Wildman–Crippen LogP) is 6.29. The number of nitrogens with zero attached hydrogens (tertiary/aromatic N) is 3. The van der Waals surface area contributed by atoms with E-state index in [9.17, 15) is 5.11 Å². The van der Waals surface area contributed by atoms with Crippen molar-refractivity contribution in [2.75, 3.05) is 0 Å². The van der Waals surface area contributed by atoms with Gasteiger partial charge >= 0.3 is 0 Å². The number of imidazole rings is 1.